The van der Waals surface area contributed by atoms with Gasteiger partial charge in [0.05, 0.1) is 18.4 Å². The van der Waals surface area contributed by atoms with Crippen molar-refractivity contribution in [3.63, 3.8) is 0 Å². The highest BCUT2D eigenvalue weighted by Gasteiger charge is 2.43. The molecule has 2 aromatic rings. The van der Waals surface area contributed by atoms with Crippen molar-refractivity contribution in [2.75, 3.05) is 44.1 Å². The standard InChI is InChI=1S/C25H29N3O3/c1-17-7-6-14-27(16-17)23-22(18-10-12-21(31-4)13-11-18)24(29)28(25(23)30)20-9-5-8-19(15-20)26(2)3/h5,8-13,15,17H,6-7,14,16H2,1-4H3. The molecule has 162 valence electrons. The zero-order valence-electron chi connectivity index (χ0n) is 18.6. The highest BCUT2D eigenvalue weighted by atomic mass is 16.5. The summed E-state index contributed by atoms with van der Waals surface area (Å²) in [5.74, 6) is 0.664. The number of imide groups is 1. The predicted molar refractivity (Wildman–Crippen MR) is 123 cm³/mol. The van der Waals surface area contributed by atoms with Gasteiger partial charge in [-0.2, -0.15) is 0 Å². The lowest BCUT2D eigenvalue weighted by atomic mass is 9.98. The summed E-state index contributed by atoms with van der Waals surface area (Å²) in [4.78, 5) is 32.7. The fraction of sp³-hybridized carbons (Fsp3) is 0.360. The molecule has 2 aliphatic rings. The minimum absolute atomic E-state index is 0.249. The van der Waals surface area contributed by atoms with Crippen LogP contribution in [0.25, 0.3) is 5.57 Å². The van der Waals surface area contributed by atoms with E-state index in [1.54, 1.807) is 7.11 Å². The number of carbonyl (C=O) groups is 2. The van der Waals surface area contributed by atoms with Gasteiger partial charge in [-0.3, -0.25) is 9.59 Å². The van der Waals surface area contributed by atoms with Gasteiger partial charge in [0.1, 0.15) is 11.4 Å². The quantitative estimate of drug-likeness (QED) is 0.691. The lowest BCUT2D eigenvalue weighted by molar-refractivity contribution is -0.120. The third-order valence-electron chi connectivity index (χ3n) is 6.02. The molecule has 2 aromatic carbocycles. The van der Waals surface area contributed by atoms with Crippen molar-refractivity contribution in [3.8, 4) is 5.75 Å². The van der Waals surface area contributed by atoms with Gasteiger partial charge in [-0.1, -0.05) is 25.1 Å². The molecule has 1 unspecified atom stereocenters. The Bertz CT molecular complexity index is 1030. The number of benzene rings is 2. The van der Waals surface area contributed by atoms with Crippen LogP contribution in [-0.4, -0.2) is 51.0 Å². The molecule has 0 aliphatic carbocycles. The Balaban J connectivity index is 1.81. The van der Waals surface area contributed by atoms with E-state index >= 15 is 0 Å². The summed E-state index contributed by atoms with van der Waals surface area (Å²) in [5, 5.41) is 0. The summed E-state index contributed by atoms with van der Waals surface area (Å²) >= 11 is 0. The maximum absolute atomic E-state index is 13.7. The molecule has 0 radical (unpaired) electrons. The molecule has 2 aliphatic heterocycles. The van der Waals surface area contributed by atoms with Gasteiger partial charge in [-0.25, -0.2) is 4.90 Å². The highest BCUT2D eigenvalue weighted by molar-refractivity contribution is 6.45. The number of anilines is 2. The van der Waals surface area contributed by atoms with Gasteiger partial charge in [0, 0.05) is 32.9 Å². The van der Waals surface area contributed by atoms with Crippen molar-refractivity contribution in [1.29, 1.82) is 0 Å². The number of hydrogen-bond acceptors (Lipinski definition) is 5. The second-order valence-electron chi connectivity index (χ2n) is 8.51. The number of ether oxygens (including phenoxy) is 1. The van der Waals surface area contributed by atoms with E-state index in [4.69, 9.17) is 4.74 Å². The molecule has 2 heterocycles. The monoisotopic (exact) mass is 419 g/mol. The smallest absolute Gasteiger partial charge is 0.282 e. The second-order valence-corrected chi connectivity index (χ2v) is 8.51. The van der Waals surface area contributed by atoms with Crippen LogP contribution in [0.5, 0.6) is 5.75 Å². The maximum atomic E-state index is 13.7. The van der Waals surface area contributed by atoms with Crippen LogP contribution < -0.4 is 14.5 Å². The Kier molecular flexibility index (Phi) is 5.72. The van der Waals surface area contributed by atoms with Crippen molar-refractivity contribution < 1.29 is 14.3 Å². The molecule has 31 heavy (non-hydrogen) atoms. The zero-order valence-corrected chi connectivity index (χ0v) is 18.6. The van der Waals surface area contributed by atoms with Crippen LogP contribution in [0.4, 0.5) is 11.4 Å². The first kappa shape index (κ1) is 21.0. The molecule has 2 amide bonds. The van der Waals surface area contributed by atoms with Crippen LogP contribution in [0.15, 0.2) is 54.2 Å². The minimum atomic E-state index is -0.278. The number of likely N-dealkylation sites (tertiary alicyclic amines) is 1. The predicted octanol–water partition coefficient (Wildman–Crippen LogP) is 3.78. The Morgan fingerprint density at radius 3 is 2.42 bits per heavy atom. The van der Waals surface area contributed by atoms with Crippen molar-refractivity contribution in [2.24, 2.45) is 5.92 Å². The van der Waals surface area contributed by atoms with Gasteiger partial charge < -0.3 is 14.5 Å². The average Bonchev–Trinajstić information content (AvgIpc) is 3.04. The fourth-order valence-corrected chi connectivity index (χ4v) is 4.37. The Morgan fingerprint density at radius 2 is 1.77 bits per heavy atom. The first-order valence-corrected chi connectivity index (χ1v) is 10.7. The van der Waals surface area contributed by atoms with Crippen molar-refractivity contribution in [3.05, 3.63) is 59.8 Å². The molecule has 0 aromatic heterocycles. The SMILES string of the molecule is COc1ccc(C2=C(N3CCCC(C)C3)C(=O)N(c3cccc(N(C)C)c3)C2=O)cc1. The number of carbonyl (C=O) groups excluding carboxylic acids is 2. The molecule has 6 nitrogen and oxygen atoms in total. The first-order valence-electron chi connectivity index (χ1n) is 10.7. The zero-order chi connectivity index (χ0) is 22.1. The van der Waals surface area contributed by atoms with Crippen molar-refractivity contribution in [1.82, 2.24) is 4.90 Å². The molecule has 1 saturated heterocycles. The molecular formula is C25H29N3O3. The van der Waals surface area contributed by atoms with Gasteiger partial charge in [0.25, 0.3) is 11.8 Å². The summed E-state index contributed by atoms with van der Waals surface area (Å²) in [6.45, 7) is 3.75. The Labute approximate surface area is 183 Å². The molecule has 1 atom stereocenters. The third kappa shape index (κ3) is 3.90. The van der Waals surface area contributed by atoms with Crippen LogP contribution in [0.3, 0.4) is 0 Å². The molecule has 0 saturated carbocycles. The third-order valence-corrected chi connectivity index (χ3v) is 6.02. The highest BCUT2D eigenvalue weighted by Crippen LogP contribution is 2.37. The number of methoxy groups -OCH3 is 1. The molecule has 4 rings (SSSR count). The number of amides is 2. The maximum Gasteiger partial charge on any atom is 0.282 e. The summed E-state index contributed by atoms with van der Waals surface area (Å²) in [5.41, 5.74) is 3.24. The second kappa shape index (κ2) is 8.46. The van der Waals surface area contributed by atoms with Crippen molar-refractivity contribution >= 4 is 28.8 Å². The molecule has 0 spiro atoms. The minimum Gasteiger partial charge on any atom is -0.497 e. The average molecular weight is 420 g/mol. The van der Waals surface area contributed by atoms with Crippen LogP contribution in [0.2, 0.25) is 0 Å². The summed E-state index contributed by atoms with van der Waals surface area (Å²) in [6, 6.07) is 14.9. The molecule has 1 fully saturated rings. The van der Waals surface area contributed by atoms with E-state index in [1.165, 1.54) is 4.90 Å². The van der Waals surface area contributed by atoms with Crippen molar-refractivity contribution in [2.45, 2.75) is 19.8 Å². The number of nitrogens with zero attached hydrogens (tertiary/aromatic N) is 3. The molecule has 0 bridgehead atoms. The van der Waals surface area contributed by atoms with Crippen LogP contribution in [0, 0.1) is 5.92 Å². The van der Waals surface area contributed by atoms with E-state index < -0.39 is 0 Å². The first-order chi connectivity index (χ1) is 14.9. The van der Waals surface area contributed by atoms with E-state index in [1.807, 2.05) is 67.5 Å². The summed E-state index contributed by atoms with van der Waals surface area (Å²) < 4.78 is 5.27. The topological polar surface area (TPSA) is 53.1 Å². The van der Waals surface area contributed by atoms with E-state index in [0.29, 0.717) is 28.6 Å². The van der Waals surface area contributed by atoms with E-state index in [9.17, 15) is 9.59 Å². The molecular weight excluding hydrogens is 390 g/mol. The lowest BCUT2D eigenvalue weighted by Crippen LogP contribution is -2.39. The van der Waals surface area contributed by atoms with E-state index in [0.717, 1.165) is 37.2 Å². The van der Waals surface area contributed by atoms with Gasteiger partial charge in [0.2, 0.25) is 0 Å². The van der Waals surface area contributed by atoms with Crippen LogP contribution in [-0.2, 0) is 9.59 Å². The summed E-state index contributed by atoms with van der Waals surface area (Å²) in [6.07, 6.45) is 2.15. The van der Waals surface area contributed by atoms with Gasteiger partial charge in [-0.15, -0.1) is 0 Å². The Morgan fingerprint density at radius 1 is 1.03 bits per heavy atom. The van der Waals surface area contributed by atoms with E-state index in [2.05, 4.69) is 11.8 Å². The van der Waals surface area contributed by atoms with Gasteiger partial charge >= 0.3 is 0 Å². The molecule has 0 N–H and O–H groups in total. The van der Waals surface area contributed by atoms with Gasteiger partial charge in [-0.05, 0) is 54.7 Å². The van der Waals surface area contributed by atoms with Gasteiger partial charge in [0.15, 0.2) is 0 Å². The largest absolute Gasteiger partial charge is 0.497 e. The molecule has 6 heteroatoms. The van der Waals surface area contributed by atoms with Crippen LogP contribution in [0.1, 0.15) is 25.3 Å². The number of hydrogen-bond donors (Lipinski definition) is 0. The number of piperidine rings is 1. The Hall–Kier alpha value is -3.28. The summed E-state index contributed by atoms with van der Waals surface area (Å²) in [7, 11) is 5.49. The lowest BCUT2D eigenvalue weighted by Gasteiger charge is -2.33. The van der Waals surface area contributed by atoms with Crippen LogP contribution >= 0.6 is 0 Å². The fourth-order valence-electron chi connectivity index (χ4n) is 4.37. The number of rotatable bonds is 5. The normalized spacial score (nSPS) is 19.3. The van der Waals surface area contributed by atoms with E-state index in [-0.39, 0.29) is 11.8 Å².